The maximum absolute atomic E-state index is 5.58. The highest BCUT2D eigenvalue weighted by Gasteiger charge is 2.25. The van der Waals surface area contributed by atoms with Crippen molar-refractivity contribution in [3.8, 4) is 0 Å². The second kappa shape index (κ2) is 7.36. The fraction of sp³-hybridized carbons (Fsp3) is 0.875. The van der Waals surface area contributed by atoms with Crippen LogP contribution in [0.25, 0.3) is 0 Å². The number of hydrogen-bond acceptors (Lipinski definition) is 5. The third kappa shape index (κ3) is 3.83. The third-order valence-corrected chi connectivity index (χ3v) is 4.98. The average molecular weight is 292 g/mol. The van der Waals surface area contributed by atoms with Gasteiger partial charge in [0.1, 0.15) is 0 Å². The molecule has 1 aliphatic carbocycles. The molecule has 21 heavy (non-hydrogen) atoms. The van der Waals surface area contributed by atoms with Crippen LogP contribution in [-0.4, -0.2) is 41.2 Å². The fourth-order valence-electron chi connectivity index (χ4n) is 3.52. The van der Waals surface area contributed by atoms with Gasteiger partial charge in [0.05, 0.1) is 6.04 Å². The molecule has 1 atom stereocenters. The predicted molar refractivity (Wildman–Crippen MR) is 82.2 cm³/mol. The predicted octanol–water partition coefficient (Wildman–Crippen LogP) is 2.86. The molecule has 0 aromatic carbocycles. The van der Waals surface area contributed by atoms with Crippen LogP contribution in [0.4, 0.5) is 0 Å². The Bertz CT molecular complexity index is 403. The van der Waals surface area contributed by atoms with E-state index in [1.54, 1.807) is 0 Å². The molecule has 0 spiro atoms. The molecule has 0 radical (unpaired) electrons. The van der Waals surface area contributed by atoms with E-state index in [0.29, 0.717) is 5.92 Å². The molecule has 1 N–H and O–H groups in total. The summed E-state index contributed by atoms with van der Waals surface area (Å²) in [6.07, 6.45) is 9.17. The van der Waals surface area contributed by atoms with Crippen molar-refractivity contribution in [1.29, 1.82) is 0 Å². The van der Waals surface area contributed by atoms with Crippen molar-refractivity contribution in [2.75, 3.05) is 26.2 Å². The van der Waals surface area contributed by atoms with Gasteiger partial charge in [-0.1, -0.05) is 37.3 Å². The number of nitrogens with zero attached hydrogens (tertiary/aromatic N) is 3. The number of piperazine rings is 1. The van der Waals surface area contributed by atoms with Crippen LogP contribution in [-0.2, 0) is 0 Å². The lowest BCUT2D eigenvalue weighted by atomic mass is 9.91. The number of rotatable bonds is 3. The Morgan fingerprint density at radius 1 is 1.10 bits per heavy atom. The quantitative estimate of drug-likeness (QED) is 0.928. The van der Waals surface area contributed by atoms with Crippen molar-refractivity contribution in [3.05, 3.63) is 11.7 Å². The summed E-state index contributed by atoms with van der Waals surface area (Å²) in [5, 5.41) is 7.68. The lowest BCUT2D eigenvalue weighted by molar-refractivity contribution is 0.154. The van der Waals surface area contributed by atoms with E-state index < -0.39 is 0 Å². The van der Waals surface area contributed by atoms with Crippen LogP contribution in [0.5, 0.6) is 0 Å². The highest BCUT2D eigenvalue weighted by atomic mass is 16.5. The van der Waals surface area contributed by atoms with Gasteiger partial charge in [0.15, 0.2) is 5.82 Å². The second-order valence-electron chi connectivity index (χ2n) is 6.49. The molecule has 1 unspecified atom stereocenters. The van der Waals surface area contributed by atoms with Crippen molar-refractivity contribution >= 4 is 0 Å². The van der Waals surface area contributed by atoms with Gasteiger partial charge in [0.25, 0.3) is 0 Å². The van der Waals surface area contributed by atoms with Crippen molar-refractivity contribution in [2.24, 2.45) is 0 Å². The lowest BCUT2D eigenvalue weighted by Gasteiger charge is -2.30. The summed E-state index contributed by atoms with van der Waals surface area (Å²) in [5.41, 5.74) is 0. The normalized spacial score (nSPS) is 24.4. The summed E-state index contributed by atoms with van der Waals surface area (Å²) in [4.78, 5) is 7.16. The minimum absolute atomic E-state index is 0.238. The van der Waals surface area contributed by atoms with Gasteiger partial charge in [-0.2, -0.15) is 4.98 Å². The molecule has 5 heteroatoms. The van der Waals surface area contributed by atoms with E-state index in [0.717, 1.165) is 37.9 Å². The van der Waals surface area contributed by atoms with Gasteiger partial charge in [-0.3, -0.25) is 4.90 Å². The first kappa shape index (κ1) is 15.0. The van der Waals surface area contributed by atoms with Crippen molar-refractivity contribution in [3.63, 3.8) is 0 Å². The van der Waals surface area contributed by atoms with E-state index in [-0.39, 0.29) is 6.04 Å². The largest absolute Gasteiger partial charge is 0.338 e. The molecule has 0 amide bonds. The van der Waals surface area contributed by atoms with Gasteiger partial charge >= 0.3 is 0 Å². The maximum atomic E-state index is 5.58. The Labute approximate surface area is 127 Å². The molecule has 2 fully saturated rings. The standard InChI is InChI=1S/C16H28N4O/c1-13(20-11-9-17-10-12-20)16-18-15(19-21-16)14-7-5-3-2-4-6-8-14/h13-14,17H,2-12H2,1H3. The molecule has 3 rings (SSSR count). The van der Waals surface area contributed by atoms with Crippen molar-refractivity contribution in [2.45, 2.75) is 63.8 Å². The first-order valence-electron chi connectivity index (χ1n) is 8.63. The van der Waals surface area contributed by atoms with Crippen LogP contribution in [0.15, 0.2) is 4.52 Å². The molecule has 1 saturated carbocycles. The minimum Gasteiger partial charge on any atom is -0.338 e. The van der Waals surface area contributed by atoms with Gasteiger partial charge in [-0.15, -0.1) is 0 Å². The number of aromatic nitrogens is 2. The van der Waals surface area contributed by atoms with Crippen LogP contribution in [0.1, 0.15) is 75.5 Å². The lowest BCUT2D eigenvalue weighted by Crippen LogP contribution is -2.44. The summed E-state index contributed by atoms with van der Waals surface area (Å²) >= 11 is 0. The van der Waals surface area contributed by atoms with Crippen LogP contribution >= 0.6 is 0 Å². The Morgan fingerprint density at radius 2 is 1.76 bits per heavy atom. The van der Waals surface area contributed by atoms with E-state index in [4.69, 9.17) is 9.51 Å². The highest BCUT2D eigenvalue weighted by Crippen LogP contribution is 2.30. The van der Waals surface area contributed by atoms with E-state index in [2.05, 4.69) is 22.3 Å². The first-order chi connectivity index (χ1) is 10.3. The van der Waals surface area contributed by atoms with E-state index >= 15 is 0 Å². The summed E-state index contributed by atoms with van der Waals surface area (Å²) in [6, 6.07) is 0.238. The SMILES string of the molecule is CC(c1nc(C2CCCCCCC2)no1)N1CCNCC1. The van der Waals surface area contributed by atoms with Gasteiger partial charge in [0.2, 0.25) is 5.89 Å². The smallest absolute Gasteiger partial charge is 0.243 e. The van der Waals surface area contributed by atoms with Crippen LogP contribution in [0.3, 0.4) is 0 Å². The molecular weight excluding hydrogens is 264 g/mol. The first-order valence-corrected chi connectivity index (χ1v) is 8.63. The Kier molecular flexibility index (Phi) is 5.25. The molecule has 2 heterocycles. The average Bonchev–Trinajstić information content (AvgIpc) is 2.97. The molecule has 2 aliphatic rings. The number of nitrogens with one attached hydrogen (secondary N) is 1. The third-order valence-electron chi connectivity index (χ3n) is 4.98. The van der Waals surface area contributed by atoms with E-state index in [1.807, 2.05) is 0 Å². The zero-order chi connectivity index (χ0) is 14.5. The van der Waals surface area contributed by atoms with Gasteiger partial charge in [-0.05, 0) is 19.8 Å². The zero-order valence-electron chi connectivity index (χ0n) is 13.2. The summed E-state index contributed by atoms with van der Waals surface area (Å²) < 4.78 is 5.58. The van der Waals surface area contributed by atoms with E-state index in [9.17, 15) is 0 Å². The Hall–Kier alpha value is -0.940. The summed E-state index contributed by atoms with van der Waals surface area (Å²) in [7, 11) is 0. The molecule has 1 aromatic heterocycles. The van der Waals surface area contributed by atoms with Crippen molar-refractivity contribution < 1.29 is 4.52 Å². The molecule has 118 valence electrons. The van der Waals surface area contributed by atoms with Gasteiger partial charge in [0, 0.05) is 32.1 Å². The maximum Gasteiger partial charge on any atom is 0.243 e. The minimum atomic E-state index is 0.238. The molecule has 5 nitrogen and oxygen atoms in total. The van der Waals surface area contributed by atoms with Gasteiger partial charge < -0.3 is 9.84 Å². The monoisotopic (exact) mass is 292 g/mol. The zero-order valence-corrected chi connectivity index (χ0v) is 13.2. The number of hydrogen-bond donors (Lipinski definition) is 1. The molecule has 1 aromatic rings. The molecule has 0 bridgehead atoms. The van der Waals surface area contributed by atoms with Crippen LogP contribution in [0, 0.1) is 0 Å². The highest BCUT2D eigenvalue weighted by molar-refractivity contribution is 4.99. The topological polar surface area (TPSA) is 54.2 Å². The van der Waals surface area contributed by atoms with Crippen molar-refractivity contribution in [1.82, 2.24) is 20.4 Å². The summed E-state index contributed by atoms with van der Waals surface area (Å²) in [6.45, 7) is 6.40. The molecular formula is C16H28N4O. The molecule has 1 saturated heterocycles. The van der Waals surface area contributed by atoms with Gasteiger partial charge in [-0.25, -0.2) is 0 Å². The van der Waals surface area contributed by atoms with E-state index in [1.165, 1.54) is 44.9 Å². The molecule has 1 aliphatic heterocycles. The van der Waals surface area contributed by atoms with Crippen LogP contribution in [0.2, 0.25) is 0 Å². The summed E-state index contributed by atoms with van der Waals surface area (Å²) in [5.74, 6) is 2.26. The fourth-order valence-corrected chi connectivity index (χ4v) is 3.52. The van der Waals surface area contributed by atoms with Crippen LogP contribution < -0.4 is 5.32 Å². The Balaban J connectivity index is 1.63. The Morgan fingerprint density at radius 3 is 2.48 bits per heavy atom. The second-order valence-corrected chi connectivity index (χ2v) is 6.49.